The maximum absolute atomic E-state index is 11.3. The Morgan fingerprint density at radius 2 is 2.00 bits per heavy atom. The molecule has 0 aromatic heterocycles. The Morgan fingerprint density at radius 1 is 1.33 bits per heavy atom. The van der Waals surface area contributed by atoms with Gasteiger partial charge in [0.25, 0.3) is 0 Å². The highest BCUT2D eigenvalue weighted by atomic mass is 16.5. The molecule has 1 rings (SSSR count). The van der Waals surface area contributed by atoms with Crippen LogP contribution in [0.5, 0.6) is 5.75 Å². The van der Waals surface area contributed by atoms with Crippen molar-refractivity contribution in [2.45, 2.75) is 32.8 Å². The molecule has 0 spiro atoms. The average Bonchev–Trinajstić information content (AvgIpc) is 2.35. The van der Waals surface area contributed by atoms with Crippen molar-refractivity contribution < 1.29 is 14.3 Å². The van der Waals surface area contributed by atoms with Gasteiger partial charge in [-0.15, -0.1) is 0 Å². The molecular weight excluding hydrogens is 228 g/mol. The van der Waals surface area contributed by atoms with Crippen LogP contribution in [0.4, 0.5) is 0 Å². The number of benzene rings is 1. The van der Waals surface area contributed by atoms with Gasteiger partial charge in [0.2, 0.25) is 0 Å². The Balaban J connectivity index is 2.14. The van der Waals surface area contributed by atoms with E-state index < -0.39 is 0 Å². The van der Waals surface area contributed by atoms with E-state index in [0.29, 0.717) is 12.2 Å². The topological polar surface area (TPSA) is 35.5 Å². The van der Waals surface area contributed by atoms with E-state index in [1.165, 1.54) is 0 Å². The fourth-order valence-electron chi connectivity index (χ4n) is 1.42. The second-order valence-corrected chi connectivity index (χ2v) is 4.30. The van der Waals surface area contributed by atoms with Gasteiger partial charge in [-0.3, -0.25) is 0 Å². The zero-order valence-corrected chi connectivity index (χ0v) is 11.0. The van der Waals surface area contributed by atoms with E-state index >= 15 is 0 Å². The lowest BCUT2D eigenvalue weighted by atomic mass is 10.2. The van der Waals surface area contributed by atoms with Gasteiger partial charge in [0.05, 0.1) is 12.7 Å². The molecule has 1 unspecified atom stereocenters. The third kappa shape index (κ3) is 5.53. The monoisotopic (exact) mass is 248 g/mol. The summed E-state index contributed by atoms with van der Waals surface area (Å²) in [7, 11) is 0. The van der Waals surface area contributed by atoms with Crippen LogP contribution in [0.25, 0.3) is 0 Å². The van der Waals surface area contributed by atoms with Gasteiger partial charge < -0.3 is 9.47 Å². The van der Waals surface area contributed by atoms with Crippen molar-refractivity contribution in [3.63, 3.8) is 0 Å². The first kappa shape index (κ1) is 14.3. The van der Waals surface area contributed by atoms with E-state index in [-0.39, 0.29) is 12.1 Å². The van der Waals surface area contributed by atoms with Gasteiger partial charge in [-0.1, -0.05) is 24.8 Å². The Labute approximate surface area is 108 Å². The SMILES string of the molecule is C=C(C)C(=O)OC(C)CCCOc1ccccc1. The highest BCUT2D eigenvalue weighted by Crippen LogP contribution is 2.10. The molecule has 0 N–H and O–H groups in total. The van der Waals surface area contributed by atoms with Gasteiger partial charge in [-0.05, 0) is 38.8 Å². The normalized spacial score (nSPS) is 11.7. The van der Waals surface area contributed by atoms with Crippen molar-refractivity contribution in [3.8, 4) is 5.75 Å². The first-order valence-corrected chi connectivity index (χ1v) is 6.14. The van der Waals surface area contributed by atoms with Crippen LogP contribution in [-0.4, -0.2) is 18.7 Å². The summed E-state index contributed by atoms with van der Waals surface area (Å²) in [4.78, 5) is 11.3. The molecule has 0 amide bonds. The largest absolute Gasteiger partial charge is 0.494 e. The van der Waals surface area contributed by atoms with Crippen LogP contribution >= 0.6 is 0 Å². The molecule has 0 radical (unpaired) electrons. The summed E-state index contributed by atoms with van der Waals surface area (Å²) in [5.74, 6) is 0.538. The van der Waals surface area contributed by atoms with Crippen LogP contribution < -0.4 is 4.74 Å². The Morgan fingerprint density at radius 3 is 2.61 bits per heavy atom. The Bertz CT molecular complexity index is 384. The van der Waals surface area contributed by atoms with Crippen molar-refractivity contribution >= 4 is 5.97 Å². The predicted molar refractivity (Wildman–Crippen MR) is 71.5 cm³/mol. The van der Waals surface area contributed by atoms with Crippen molar-refractivity contribution in [3.05, 3.63) is 42.5 Å². The van der Waals surface area contributed by atoms with Crippen molar-refractivity contribution in [2.75, 3.05) is 6.61 Å². The minimum absolute atomic E-state index is 0.103. The van der Waals surface area contributed by atoms with Gasteiger partial charge in [-0.2, -0.15) is 0 Å². The van der Waals surface area contributed by atoms with E-state index in [1.54, 1.807) is 6.92 Å². The lowest BCUT2D eigenvalue weighted by Crippen LogP contribution is -2.16. The predicted octanol–water partition coefficient (Wildman–Crippen LogP) is 3.35. The average molecular weight is 248 g/mol. The lowest BCUT2D eigenvalue weighted by molar-refractivity contribution is -0.143. The standard InChI is InChI=1S/C15H20O3/c1-12(2)15(16)18-13(3)8-7-11-17-14-9-5-4-6-10-14/h4-6,9-10,13H,1,7-8,11H2,2-3H3. The number of para-hydroxylation sites is 1. The number of hydrogen-bond donors (Lipinski definition) is 0. The van der Waals surface area contributed by atoms with Gasteiger partial charge in [0, 0.05) is 5.57 Å². The minimum Gasteiger partial charge on any atom is -0.494 e. The smallest absolute Gasteiger partial charge is 0.333 e. The number of hydrogen-bond acceptors (Lipinski definition) is 3. The Kier molecular flexibility index (Phi) is 5.98. The van der Waals surface area contributed by atoms with Crippen LogP contribution in [0.2, 0.25) is 0 Å². The fraction of sp³-hybridized carbons (Fsp3) is 0.400. The maximum atomic E-state index is 11.3. The summed E-state index contributed by atoms with van der Waals surface area (Å²) in [6, 6.07) is 9.67. The Hall–Kier alpha value is -1.77. The van der Waals surface area contributed by atoms with Crippen LogP contribution in [0.3, 0.4) is 0 Å². The zero-order valence-electron chi connectivity index (χ0n) is 11.0. The van der Waals surface area contributed by atoms with Crippen LogP contribution in [-0.2, 0) is 9.53 Å². The first-order chi connectivity index (χ1) is 8.59. The molecule has 1 atom stereocenters. The molecule has 0 aliphatic rings. The molecule has 0 aliphatic carbocycles. The molecule has 0 fully saturated rings. The van der Waals surface area contributed by atoms with Crippen molar-refractivity contribution in [1.29, 1.82) is 0 Å². The third-order valence-corrected chi connectivity index (χ3v) is 2.42. The third-order valence-electron chi connectivity index (χ3n) is 2.42. The summed E-state index contributed by atoms with van der Waals surface area (Å²) >= 11 is 0. The summed E-state index contributed by atoms with van der Waals surface area (Å²) in [5.41, 5.74) is 0.433. The van der Waals surface area contributed by atoms with Crippen LogP contribution in [0.15, 0.2) is 42.5 Å². The van der Waals surface area contributed by atoms with Gasteiger partial charge in [0.1, 0.15) is 5.75 Å². The van der Waals surface area contributed by atoms with Gasteiger partial charge in [-0.25, -0.2) is 4.79 Å². The summed E-state index contributed by atoms with van der Waals surface area (Å²) in [5, 5.41) is 0. The number of carbonyl (C=O) groups excluding carboxylic acids is 1. The van der Waals surface area contributed by atoms with Crippen LogP contribution in [0, 0.1) is 0 Å². The van der Waals surface area contributed by atoms with Crippen LogP contribution in [0.1, 0.15) is 26.7 Å². The molecule has 1 aromatic rings. The molecule has 0 saturated carbocycles. The number of ether oxygens (including phenoxy) is 2. The maximum Gasteiger partial charge on any atom is 0.333 e. The highest BCUT2D eigenvalue weighted by Gasteiger charge is 2.09. The van der Waals surface area contributed by atoms with Crippen molar-refractivity contribution in [2.24, 2.45) is 0 Å². The number of rotatable bonds is 7. The van der Waals surface area contributed by atoms with E-state index in [1.807, 2.05) is 37.3 Å². The molecule has 0 aliphatic heterocycles. The summed E-state index contributed by atoms with van der Waals surface area (Å²) in [6.45, 7) is 7.69. The molecule has 0 heterocycles. The van der Waals surface area contributed by atoms with E-state index in [2.05, 4.69) is 6.58 Å². The summed E-state index contributed by atoms with van der Waals surface area (Å²) < 4.78 is 10.7. The number of esters is 1. The van der Waals surface area contributed by atoms with Crippen molar-refractivity contribution in [1.82, 2.24) is 0 Å². The number of carbonyl (C=O) groups is 1. The molecule has 3 nitrogen and oxygen atoms in total. The second kappa shape index (κ2) is 7.54. The lowest BCUT2D eigenvalue weighted by Gasteiger charge is -2.13. The van der Waals surface area contributed by atoms with Gasteiger partial charge >= 0.3 is 5.97 Å². The highest BCUT2D eigenvalue weighted by molar-refractivity contribution is 5.87. The minimum atomic E-state index is -0.327. The molecule has 0 bridgehead atoms. The summed E-state index contributed by atoms with van der Waals surface area (Å²) in [6.07, 6.45) is 1.53. The molecule has 3 heteroatoms. The molecular formula is C15H20O3. The zero-order chi connectivity index (χ0) is 13.4. The first-order valence-electron chi connectivity index (χ1n) is 6.14. The molecule has 1 aromatic carbocycles. The second-order valence-electron chi connectivity index (χ2n) is 4.30. The van der Waals surface area contributed by atoms with E-state index in [4.69, 9.17) is 9.47 Å². The molecule has 98 valence electrons. The molecule has 18 heavy (non-hydrogen) atoms. The van der Waals surface area contributed by atoms with E-state index in [0.717, 1.165) is 18.6 Å². The molecule has 0 saturated heterocycles. The fourth-order valence-corrected chi connectivity index (χ4v) is 1.42. The van der Waals surface area contributed by atoms with E-state index in [9.17, 15) is 4.79 Å². The quantitative estimate of drug-likeness (QED) is 0.421. The van der Waals surface area contributed by atoms with Gasteiger partial charge in [0.15, 0.2) is 0 Å².